The summed E-state index contributed by atoms with van der Waals surface area (Å²) in [6, 6.07) is 7.66. The fraction of sp³-hybridized carbons (Fsp3) is 0.562. The van der Waals surface area contributed by atoms with Crippen molar-refractivity contribution in [2.75, 3.05) is 24.6 Å². The molecule has 0 aliphatic carbocycles. The topological polar surface area (TPSA) is 58.4 Å². The van der Waals surface area contributed by atoms with E-state index >= 15 is 0 Å². The molecule has 4 heteroatoms. The van der Waals surface area contributed by atoms with Crippen molar-refractivity contribution in [3.8, 4) is 0 Å². The van der Waals surface area contributed by atoms with E-state index in [1.807, 2.05) is 12.1 Å². The maximum Gasteiger partial charge on any atom is 0.225 e. The van der Waals surface area contributed by atoms with Crippen LogP contribution in [-0.2, 0) is 4.79 Å². The van der Waals surface area contributed by atoms with Crippen LogP contribution in [0.25, 0.3) is 0 Å². The Morgan fingerprint density at radius 2 is 2.05 bits per heavy atom. The summed E-state index contributed by atoms with van der Waals surface area (Å²) in [4.78, 5) is 14.1. The Morgan fingerprint density at radius 1 is 1.40 bits per heavy atom. The van der Waals surface area contributed by atoms with Crippen LogP contribution < -0.4 is 11.1 Å². The van der Waals surface area contributed by atoms with E-state index in [-0.39, 0.29) is 11.3 Å². The number of anilines is 2. The molecular formula is C16H27N3O. The second kappa shape index (κ2) is 6.75. The zero-order chi connectivity index (χ0) is 15.3. The first kappa shape index (κ1) is 16.5. The molecule has 0 bridgehead atoms. The predicted molar refractivity (Wildman–Crippen MR) is 85.6 cm³/mol. The maximum absolute atomic E-state index is 11.9. The lowest BCUT2D eigenvalue weighted by molar-refractivity contribution is -0.116. The van der Waals surface area contributed by atoms with E-state index in [4.69, 9.17) is 5.73 Å². The van der Waals surface area contributed by atoms with Gasteiger partial charge in [0.25, 0.3) is 0 Å². The number of hydrogen-bond acceptors (Lipinski definition) is 3. The predicted octanol–water partition coefficient (Wildman–Crippen LogP) is 2.96. The van der Waals surface area contributed by atoms with Gasteiger partial charge >= 0.3 is 0 Å². The molecule has 1 aromatic carbocycles. The second-order valence-electron chi connectivity index (χ2n) is 6.45. The maximum atomic E-state index is 11.9. The highest BCUT2D eigenvalue weighted by Crippen LogP contribution is 2.23. The van der Waals surface area contributed by atoms with E-state index in [0.717, 1.165) is 12.2 Å². The molecule has 1 unspecified atom stereocenters. The van der Waals surface area contributed by atoms with E-state index in [0.29, 0.717) is 18.2 Å². The molecule has 0 fully saturated rings. The molecule has 0 radical (unpaired) electrons. The summed E-state index contributed by atoms with van der Waals surface area (Å²) in [6.45, 7) is 9.56. The molecule has 1 aromatic rings. The quantitative estimate of drug-likeness (QED) is 0.814. The van der Waals surface area contributed by atoms with Crippen LogP contribution in [0.1, 0.15) is 34.1 Å². The summed E-state index contributed by atoms with van der Waals surface area (Å²) in [5.41, 5.74) is 7.30. The third-order valence-corrected chi connectivity index (χ3v) is 3.78. The lowest BCUT2D eigenvalue weighted by Gasteiger charge is -2.35. The lowest BCUT2D eigenvalue weighted by Crippen LogP contribution is -2.40. The van der Waals surface area contributed by atoms with Crippen LogP contribution in [0.4, 0.5) is 11.4 Å². The number of rotatable bonds is 5. The highest BCUT2D eigenvalue weighted by molar-refractivity contribution is 5.91. The molecule has 0 saturated heterocycles. The van der Waals surface area contributed by atoms with Gasteiger partial charge in [-0.2, -0.15) is 0 Å². The number of nitrogen functional groups attached to an aromatic ring is 1. The van der Waals surface area contributed by atoms with E-state index in [2.05, 4.69) is 45.0 Å². The number of nitrogens with two attached hydrogens (primary N) is 1. The first-order chi connectivity index (χ1) is 9.20. The van der Waals surface area contributed by atoms with Crippen LogP contribution in [0.5, 0.6) is 0 Å². The summed E-state index contributed by atoms with van der Waals surface area (Å²) < 4.78 is 0. The molecule has 0 aliphatic rings. The van der Waals surface area contributed by atoms with E-state index in [1.165, 1.54) is 0 Å². The Morgan fingerprint density at radius 3 is 2.60 bits per heavy atom. The fourth-order valence-electron chi connectivity index (χ4n) is 1.97. The second-order valence-corrected chi connectivity index (χ2v) is 6.45. The number of nitrogens with zero attached hydrogens (tertiary/aromatic N) is 1. The molecule has 4 nitrogen and oxygen atoms in total. The Balaban J connectivity index is 2.44. The van der Waals surface area contributed by atoms with Crippen LogP contribution in [0.3, 0.4) is 0 Å². The average molecular weight is 277 g/mol. The minimum atomic E-state index is 0.0172. The molecular weight excluding hydrogens is 250 g/mol. The van der Waals surface area contributed by atoms with E-state index in [1.54, 1.807) is 12.1 Å². The molecule has 3 N–H and O–H groups in total. The molecule has 1 atom stereocenters. The smallest absolute Gasteiger partial charge is 0.225 e. The van der Waals surface area contributed by atoms with Gasteiger partial charge < -0.3 is 16.0 Å². The number of amides is 1. The zero-order valence-corrected chi connectivity index (χ0v) is 13.2. The fourth-order valence-corrected chi connectivity index (χ4v) is 1.97. The van der Waals surface area contributed by atoms with Gasteiger partial charge in [0.2, 0.25) is 5.91 Å². The van der Waals surface area contributed by atoms with Crippen molar-refractivity contribution in [1.82, 2.24) is 4.90 Å². The Hall–Kier alpha value is -1.55. The number of hydrogen-bond donors (Lipinski definition) is 2. The van der Waals surface area contributed by atoms with E-state index in [9.17, 15) is 4.79 Å². The Bertz CT molecular complexity index is 451. The van der Waals surface area contributed by atoms with Crippen molar-refractivity contribution in [2.24, 2.45) is 5.41 Å². The summed E-state index contributed by atoms with van der Waals surface area (Å²) in [5, 5.41) is 2.87. The van der Waals surface area contributed by atoms with Crippen LogP contribution in [0, 0.1) is 5.41 Å². The Kier molecular flexibility index (Phi) is 5.57. The normalized spacial score (nSPS) is 13.3. The standard InChI is InChI=1S/C16H27N3O/c1-12(16(2,3)4)19(5)10-9-15(20)18-14-8-6-7-13(17)11-14/h6-8,11-12H,9-10,17H2,1-5H3,(H,18,20). The summed E-state index contributed by atoms with van der Waals surface area (Å²) in [6.07, 6.45) is 0.478. The summed E-state index contributed by atoms with van der Waals surface area (Å²) in [7, 11) is 2.06. The van der Waals surface area contributed by atoms with Crippen molar-refractivity contribution < 1.29 is 4.79 Å². The van der Waals surface area contributed by atoms with Gasteiger partial charge in [-0.05, 0) is 37.6 Å². The number of carbonyl (C=O) groups is 1. The van der Waals surface area contributed by atoms with Crippen molar-refractivity contribution >= 4 is 17.3 Å². The molecule has 0 heterocycles. The minimum Gasteiger partial charge on any atom is -0.399 e. The largest absolute Gasteiger partial charge is 0.399 e. The third-order valence-electron chi connectivity index (χ3n) is 3.78. The van der Waals surface area contributed by atoms with Crippen LogP contribution >= 0.6 is 0 Å². The summed E-state index contributed by atoms with van der Waals surface area (Å²) >= 11 is 0. The summed E-state index contributed by atoms with van der Waals surface area (Å²) in [5.74, 6) is 0.0172. The van der Waals surface area contributed by atoms with Gasteiger partial charge in [0.1, 0.15) is 0 Å². The van der Waals surface area contributed by atoms with Gasteiger partial charge in [-0.25, -0.2) is 0 Å². The molecule has 1 rings (SSSR count). The monoisotopic (exact) mass is 277 g/mol. The molecule has 112 valence electrons. The molecule has 0 spiro atoms. The SMILES string of the molecule is CC(N(C)CCC(=O)Nc1cccc(N)c1)C(C)(C)C. The van der Waals surface area contributed by atoms with Crippen LogP contribution in [-0.4, -0.2) is 30.4 Å². The zero-order valence-electron chi connectivity index (χ0n) is 13.2. The molecule has 0 aliphatic heterocycles. The van der Waals surface area contributed by atoms with Gasteiger partial charge in [0.15, 0.2) is 0 Å². The van der Waals surface area contributed by atoms with Gasteiger partial charge in [-0.15, -0.1) is 0 Å². The third kappa shape index (κ3) is 5.21. The van der Waals surface area contributed by atoms with Crippen molar-refractivity contribution in [2.45, 2.75) is 40.2 Å². The van der Waals surface area contributed by atoms with Gasteiger partial charge in [-0.3, -0.25) is 4.79 Å². The van der Waals surface area contributed by atoms with Crippen molar-refractivity contribution in [3.63, 3.8) is 0 Å². The van der Waals surface area contributed by atoms with Crippen LogP contribution in [0.2, 0.25) is 0 Å². The van der Waals surface area contributed by atoms with Crippen molar-refractivity contribution in [3.05, 3.63) is 24.3 Å². The van der Waals surface area contributed by atoms with Gasteiger partial charge in [-0.1, -0.05) is 26.8 Å². The first-order valence-electron chi connectivity index (χ1n) is 7.06. The van der Waals surface area contributed by atoms with Gasteiger partial charge in [0.05, 0.1) is 0 Å². The van der Waals surface area contributed by atoms with E-state index < -0.39 is 0 Å². The molecule has 0 aromatic heterocycles. The number of carbonyl (C=O) groups excluding carboxylic acids is 1. The molecule has 20 heavy (non-hydrogen) atoms. The number of nitrogens with one attached hydrogen (secondary N) is 1. The highest BCUT2D eigenvalue weighted by Gasteiger charge is 2.23. The molecule has 0 saturated carbocycles. The first-order valence-corrected chi connectivity index (χ1v) is 7.06. The number of benzene rings is 1. The Labute approximate surface area is 122 Å². The highest BCUT2D eigenvalue weighted by atomic mass is 16.1. The molecule has 1 amide bonds. The average Bonchev–Trinajstić information content (AvgIpc) is 2.34. The lowest BCUT2D eigenvalue weighted by atomic mass is 9.87. The minimum absolute atomic E-state index is 0.0172. The van der Waals surface area contributed by atoms with Crippen LogP contribution in [0.15, 0.2) is 24.3 Å². The van der Waals surface area contributed by atoms with Crippen molar-refractivity contribution in [1.29, 1.82) is 0 Å². The van der Waals surface area contributed by atoms with Gasteiger partial charge in [0, 0.05) is 30.4 Å².